The first-order valence-electron chi connectivity index (χ1n) is 10.5. The number of sulfonamides is 1. The van der Waals surface area contributed by atoms with Gasteiger partial charge in [-0.05, 0) is 30.2 Å². The number of nitrogens with one attached hydrogen (secondary N) is 1. The summed E-state index contributed by atoms with van der Waals surface area (Å²) in [5, 5.41) is 11.4. The van der Waals surface area contributed by atoms with Gasteiger partial charge in [-0.2, -0.15) is 5.26 Å². The van der Waals surface area contributed by atoms with E-state index in [-0.39, 0.29) is 49.9 Å². The molecule has 0 fully saturated rings. The Hall–Kier alpha value is -3.38. The average molecular weight is 455 g/mol. The lowest BCUT2D eigenvalue weighted by molar-refractivity contribution is -0.125. The van der Waals surface area contributed by atoms with E-state index < -0.39 is 10.0 Å². The van der Waals surface area contributed by atoms with Gasteiger partial charge in [0.15, 0.2) is 0 Å². The highest BCUT2D eigenvalue weighted by molar-refractivity contribution is 7.92. The van der Waals surface area contributed by atoms with Gasteiger partial charge in [0, 0.05) is 38.2 Å². The standard InChI is InChI=1S/C23H26N4O4S/c24-14-6-16-26(20-8-2-1-3-9-20)23(29)12-11-22(28)25-15-18-32(30,31)27-17-13-19-7-4-5-10-21(19)27/h1-5,7-10H,6,11-13,15-18H2,(H,25,28). The molecule has 1 aliphatic heterocycles. The summed E-state index contributed by atoms with van der Waals surface area (Å²) in [6.45, 7) is 0.628. The number of carbonyl (C=O) groups is 2. The van der Waals surface area contributed by atoms with Crippen LogP contribution in [0.4, 0.5) is 11.4 Å². The number of carbonyl (C=O) groups excluding carboxylic acids is 2. The third-order valence-electron chi connectivity index (χ3n) is 5.24. The maximum Gasteiger partial charge on any atom is 0.236 e. The zero-order valence-corrected chi connectivity index (χ0v) is 18.6. The largest absolute Gasteiger partial charge is 0.355 e. The first-order valence-corrected chi connectivity index (χ1v) is 12.1. The molecule has 0 aliphatic carbocycles. The van der Waals surface area contributed by atoms with Crippen molar-refractivity contribution in [2.24, 2.45) is 0 Å². The van der Waals surface area contributed by atoms with E-state index in [4.69, 9.17) is 5.26 Å². The summed E-state index contributed by atoms with van der Waals surface area (Å²) in [6, 6.07) is 18.4. The number of hydrogen-bond acceptors (Lipinski definition) is 5. The molecule has 9 heteroatoms. The van der Waals surface area contributed by atoms with Crippen molar-refractivity contribution in [1.82, 2.24) is 5.32 Å². The van der Waals surface area contributed by atoms with Crippen LogP contribution in [0.3, 0.4) is 0 Å². The molecule has 0 radical (unpaired) electrons. The minimum Gasteiger partial charge on any atom is -0.355 e. The van der Waals surface area contributed by atoms with Gasteiger partial charge in [0.05, 0.1) is 23.9 Å². The van der Waals surface area contributed by atoms with E-state index in [9.17, 15) is 18.0 Å². The summed E-state index contributed by atoms with van der Waals surface area (Å²) in [6.07, 6.45) is 0.775. The van der Waals surface area contributed by atoms with Crippen molar-refractivity contribution in [3.8, 4) is 6.07 Å². The van der Waals surface area contributed by atoms with Gasteiger partial charge in [-0.3, -0.25) is 13.9 Å². The molecule has 0 atom stereocenters. The maximum absolute atomic E-state index is 12.7. The van der Waals surface area contributed by atoms with E-state index in [1.807, 2.05) is 24.3 Å². The number of rotatable bonds is 10. The van der Waals surface area contributed by atoms with Gasteiger partial charge in [-0.1, -0.05) is 36.4 Å². The Morgan fingerprint density at radius 2 is 1.78 bits per heavy atom. The van der Waals surface area contributed by atoms with Gasteiger partial charge in [0.2, 0.25) is 21.8 Å². The van der Waals surface area contributed by atoms with Crippen LogP contribution in [0.15, 0.2) is 54.6 Å². The molecule has 32 heavy (non-hydrogen) atoms. The van der Waals surface area contributed by atoms with Crippen molar-refractivity contribution in [3.63, 3.8) is 0 Å². The number of anilines is 2. The fourth-order valence-electron chi connectivity index (χ4n) is 3.64. The summed E-state index contributed by atoms with van der Waals surface area (Å²) in [5.74, 6) is -0.856. The van der Waals surface area contributed by atoms with Crippen molar-refractivity contribution in [3.05, 3.63) is 60.2 Å². The third-order valence-corrected chi connectivity index (χ3v) is 7.02. The molecule has 1 N–H and O–H groups in total. The molecule has 0 saturated heterocycles. The topological polar surface area (TPSA) is 111 Å². The number of fused-ring (bicyclic) bond motifs is 1. The van der Waals surface area contributed by atoms with Gasteiger partial charge in [0.1, 0.15) is 0 Å². The van der Waals surface area contributed by atoms with Crippen molar-refractivity contribution < 1.29 is 18.0 Å². The molecule has 3 rings (SSSR count). The fraction of sp³-hybridized carbons (Fsp3) is 0.348. The van der Waals surface area contributed by atoms with Crippen LogP contribution in [0.2, 0.25) is 0 Å². The van der Waals surface area contributed by atoms with E-state index >= 15 is 0 Å². The van der Waals surface area contributed by atoms with Gasteiger partial charge < -0.3 is 10.2 Å². The first kappa shape index (κ1) is 23.3. The molecule has 8 nitrogen and oxygen atoms in total. The van der Waals surface area contributed by atoms with E-state index in [2.05, 4.69) is 5.32 Å². The predicted octanol–water partition coefficient (Wildman–Crippen LogP) is 2.22. The lowest BCUT2D eigenvalue weighted by Gasteiger charge is -2.22. The van der Waals surface area contributed by atoms with E-state index in [1.54, 1.807) is 36.4 Å². The highest BCUT2D eigenvalue weighted by Crippen LogP contribution is 2.29. The normalized spacial score (nSPS) is 12.7. The number of nitrogens with zero attached hydrogens (tertiary/aromatic N) is 3. The second-order valence-corrected chi connectivity index (χ2v) is 9.42. The Balaban J connectivity index is 1.47. The van der Waals surface area contributed by atoms with Crippen LogP contribution in [0.1, 0.15) is 24.8 Å². The molecule has 0 bridgehead atoms. The van der Waals surface area contributed by atoms with Crippen LogP contribution in [0, 0.1) is 11.3 Å². The molecule has 2 amide bonds. The lowest BCUT2D eigenvalue weighted by atomic mass is 10.2. The zero-order chi connectivity index (χ0) is 23.0. The molecule has 0 aromatic heterocycles. The maximum atomic E-state index is 12.7. The van der Waals surface area contributed by atoms with Crippen molar-refractivity contribution in [2.75, 3.05) is 34.6 Å². The number of hydrogen-bond donors (Lipinski definition) is 1. The number of amides is 2. The second kappa shape index (κ2) is 10.8. The van der Waals surface area contributed by atoms with Gasteiger partial charge in [-0.15, -0.1) is 0 Å². The molecule has 2 aromatic carbocycles. The monoisotopic (exact) mass is 454 g/mol. The quantitative estimate of drug-likeness (QED) is 0.592. The molecule has 0 saturated carbocycles. The van der Waals surface area contributed by atoms with Crippen molar-refractivity contribution >= 4 is 33.2 Å². The van der Waals surface area contributed by atoms with Crippen LogP contribution in [0.5, 0.6) is 0 Å². The molecule has 2 aromatic rings. The number of benzene rings is 2. The van der Waals surface area contributed by atoms with Gasteiger partial charge >= 0.3 is 0 Å². The Morgan fingerprint density at radius 1 is 1.06 bits per heavy atom. The van der Waals surface area contributed by atoms with Gasteiger partial charge in [-0.25, -0.2) is 8.42 Å². The smallest absolute Gasteiger partial charge is 0.236 e. The van der Waals surface area contributed by atoms with Crippen LogP contribution in [0.25, 0.3) is 0 Å². The highest BCUT2D eigenvalue weighted by atomic mass is 32.2. The predicted molar refractivity (Wildman–Crippen MR) is 123 cm³/mol. The Bertz CT molecular complexity index is 1100. The summed E-state index contributed by atoms with van der Waals surface area (Å²) >= 11 is 0. The molecular formula is C23H26N4O4S. The Morgan fingerprint density at radius 3 is 2.53 bits per heavy atom. The molecule has 168 valence electrons. The second-order valence-electron chi connectivity index (χ2n) is 7.41. The van der Waals surface area contributed by atoms with Crippen LogP contribution < -0.4 is 14.5 Å². The Labute approximate surface area is 188 Å². The van der Waals surface area contributed by atoms with Crippen LogP contribution in [-0.2, 0) is 26.0 Å². The summed E-state index contributed by atoms with van der Waals surface area (Å²) < 4.78 is 26.7. The average Bonchev–Trinajstić information content (AvgIpc) is 3.24. The SMILES string of the molecule is N#CCCN(C(=O)CCC(=O)NCCS(=O)(=O)N1CCc2ccccc21)c1ccccc1. The van der Waals surface area contributed by atoms with Crippen molar-refractivity contribution in [1.29, 1.82) is 5.26 Å². The summed E-state index contributed by atoms with van der Waals surface area (Å²) in [7, 11) is -3.55. The Kier molecular flexibility index (Phi) is 7.84. The lowest BCUT2D eigenvalue weighted by Crippen LogP contribution is -2.37. The number of nitriles is 1. The first-order chi connectivity index (χ1) is 15.4. The molecular weight excluding hydrogens is 428 g/mol. The van der Waals surface area contributed by atoms with Gasteiger partial charge in [0.25, 0.3) is 0 Å². The zero-order valence-electron chi connectivity index (χ0n) is 17.7. The van der Waals surface area contributed by atoms with Crippen molar-refractivity contribution in [2.45, 2.75) is 25.7 Å². The highest BCUT2D eigenvalue weighted by Gasteiger charge is 2.28. The van der Waals surface area contributed by atoms with Crippen LogP contribution in [-0.4, -0.2) is 45.6 Å². The molecule has 0 spiro atoms. The van der Waals surface area contributed by atoms with E-state index in [1.165, 1.54) is 9.21 Å². The summed E-state index contributed by atoms with van der Waals surface area (Å²) in [5.41, 5.74) is 2.37. The fourth-order valence-corrected chi connectivity index (χ4v) is 5.07. The molecule has 1 aliphatic rings. The third kappa shape index (κ3) is 5.86. The van der Waals surface area contributed by atoms with Crippen LogP contribution >= 0.6 is 0 Å². The van der Waals surface area contributed by atoms with E-state index in [0.717, 1.165) is 5.56 Å². The summed E-state index contributed by atoms with van der Waals surface area (Å²) in [4.78, 5) is 26.3. The minimum absolute atomic E-state index is 0.0230. The molecule has 1 heterocycles. The molecule has 0 unspecified atom stereocenters. The minimum atomic E-state index is -3.55. The number of para-hydroxylation sites is 2. The van der Waals surface area contributed by atoms with E-state index in [0.29, 0.717) is 24.3 Å².